The van der Waals surface area contributed by atoms with E-state index in [0.717, 1.165) is 4.31 Å². The van der Waals surface area contributed by atoms with E-state index < -0.39 is 22.5 Å². The molecule has 1 amide bonds. The molecule has 0 saturated carbocycles. The molecule has 0 fully saturated rings. The van der Waals surface area contributed by atoms with Gasteiger partial charge in [0.2, 0.25) is 5.91 Å². The zero-order valence-corrected chi connectivity index (χ0v) is 19.2. The van der Waals surface area contributed by atoms with Crippen LogP contribution in [0.3, 0.4) is 0 Å². The fraction of sp³-hybridized carbons (Fsp3) is 0.174. The van der Waals surface area contributed by atoms with Gasteiger partial charge < -0.3 is 14.8 Å². The second-order valence-electron chi connectivity index (χ2n) is 6.65. The van der Waals surface area contributed by atoms with E-state index in [2.05, 4.69) is 5.32 Å². The van der Waals surface area contributed by atoms with Crippen LogP contribution in [0, 0.1) is 0 Å². The summed E-state index contributed by atoms with van der Waals surface area (Å²) in [5.41, 5.74) is 0.666. The van der Waals surface area contributed by atoms with Gasteiger partial charge in [-0.3, -0.25) is 9.10 Å². The van der Waals surface area contributed by atoms with Gasteiger partial charge in [0, 0.05) is 10.7 Å². The van der Waals surface area contributed by atoms with E-state index in [9.17, 15) is 13.2 Å². The van der Waals surface area contributed by atoms with Gasteiger partial charge in [-0.05, 0) is 61.5 Å². The Bertz CT molecular complexity index is 1170. The molecular formula is C23H23ClN2O5S. The average Bonchev–Trinajstić information content (AvgIpc) is 2.79. The highest BCUT2D eigenvalue weighted by molar-refractivity contribution is 7.92. The van der Waals surface area contributed by atoms with Gasteiger partial charge >= 0.3 is 0 Å². The number of benzene rings is 3. The number of nitrogens with zero attached hydrogens (tertiary/aromatic N) is 1. The maximum absolute atomic E-state index is 13.4. The van der Waals surface area contributed by atoms with E-state index in [1.807, 2.05) is 6.92 Å². The summed E-state index contributed by atoms with van der Waals surface area (Å²) in [6, 6.07) is 19.2. The van der Waals surface area contributed by atoms with Crippen molar-refractivity contribution in [2.24, 2.45) is 0 Å². The van der Waals surface area contributed by atoms with Crippen molar-refractivity contribution in [2.45, 2.75) is 11.8 Å². The lowest BCUT2D eigenvalue weighted by Crippen LogP contribution is -2.38. The Labute approximate surface area is 192 Å². The Morgan fingerprint density at radius 3 is 2.34 bits per heavy atom. The summed E-state index contributed by atoms with van der Waals surface area (Å²) < 4.78 is 38.6. The molecule has 0 radical (unpaired) electrons. The largest absolute Gasteiger partial charge is 0.495 e. The summed E-state index contributed by atoms with van der Waals surface area (Å²) in [6.45, 7) is 1.92. The number of rotatable bonds is 9. The highest BCUT2D eigenvalue weighted by Gasteiger charge is 2.29. The van der Waals surface area contributed by atoms with Crippen LogP contribution in [0.4, 0.5) is 11.4 Å². The monoisotopic (exact) mass is 474 g/mol. The lowest BCUT2D eigenvalue weighted by Gasteiger charge is -2.26. The van der Waals surface area contributed by atoms with Crippen molar-refractivity contribution in [3.05, 3.63) is 77.8 Å². The van der Waals surface area contributed by atoms with Gasteiger partial charge in [-0.2, -0.15) is 0 Å². The van der Waals surface area contributed by atoms with Crippen molar-refractivity contribution >= 4 is 38.9 Å². The number of carbonyl (C=O) groups is 1. The van der Waals surface area contributed by atoms with Gasteiger partial charge in [-0.1, -0.05) is 29.8 Å². The quantitative estimate of drug-likeness (QED) is 0.490. The smallest absolute Gasteiger partial charge is 0.264 e. The molecule has 0 unspecified atom stereocenters. The molecule has 3 rings (SSSR count). The normalized spacial score (nSPS) is 11.0. The molecule has 7 nitrogen and oxygen atoms in total. The molecule has 1 N–H and O–H groups in total. The second kappa shape index (κ2) is 10.4. The predicted octanol–water partition coefficient (Wildman–Crippen LogP) is 4.58. The van der Waals surface area contributed by atoms with Crippen LogP contribution >= 0.6 is 11.6 Å². The van der Waals surface area contributed by atoms with Gasteiger partial charge in [0.1, 0.15) is 18.0 Å². The predicted molar refractivity (Wildman–Crippen MR) is 125 cm³/mol. The van der Waals surface area contributed by atoms with Crippen LogP contribution in [0.25, 0.3) is 0 Å². The highest BCUT2D eigenvalue weighted by Crippen LogP contribution is 2.34. The number of amides is 1. The molecule has 0 heterocycles. The second-order valence-corrected chi connectivity index (χ2v) is 8.95. The van der Waals surface area contributed by atoms with Crippen LogP contribution in [0.15, 0.2) is 77.7 Å². The van der Waals surface area contributed by atoms with Crippen LogP contribution in [-0.4, -0.2) is 34.6 Å². The zero-order chi connectivity index (χ0) is 23.1. The Kier molecular flexibility index (Phi) is 7.61. The number of hydrogen-bond donors (Lipinski definition) is 1. The van der Waals surface area contributed by atoms with Crippen LogP contribution in [0.2, 0.25) is 5.02 Å². The summed E-state index contributed by atoms with van der Waals surface area (Å²) in [5, 5.41) is 3.02. The van der Waals surface area contributed by atoms with E-state index in [4.69, 9.17) is 21.1 Å². The molecule has 168 valence electrons. The van der Waals surface area contributed by atoms with Crippen LogP contribution in [0.5, 0.6) is 11.5 Å². The third-order valence-electron chi connectivity index (χ3n) is 4.48. The highest BCUT2D eigenvalue weighted by atomic mass is 35.5. The van der Waals surface area contributed by atoms with E-state index >= 15 is 0 Å². The minimum Gasteiger partial charge on any atom is -0.495 e. The first-order chi connectivity index (χ1) is 15.3. The van der Waals surface area contributed by atoms with Crippen LogP contribution in [-0.2, 0) is 14.8 Å². The van der Waals surface area contributed by atoms with Crippen molar-refractivity contribution in [2.75, 3.05) is 29.9 Å². The fourth-order valence-electron chi connectivity index (χ4n) is 3.01. The van der Waals surface area contributed by atoms with Crippen LogP contribution < -0.4 is 19.1 Å². The molecule has 0 spiro atoms. The molecule has 3 aromatic rings. The zero-order valence-electron chi connectivity index (χ0n) is 17.6. The molecule has 0 atom stereocenters. The third-order valence-corrected chi connectivity index (χ3v) is 6.49. The van der Waals surface area contributed by atoms with Gasteiger partial charge in [-0.25, -0.2) is 8.42 Å². The van der Waals surface area contributed by atoms with Gasteiger partial charge in [-0.15, -0.1) is 0 Å². The summed E-state index contributed by atoms with van der Waals surface area (Å²) >= 11 is 6.13. The summed E-state index contributed by atoms with van der Waals surface area (Å²) in [5.74, 6) is 0.404. The number of sulfonamides is 1. The van der Waals surface area contributed by atoms with Crippen molar-refractivity contribution < 1.29 is 22.7 Å². The Balaban J connectivity index is 1.94. The lowest BCUT2D eigenvalue weighted by molar-refractivity contribution is -0.114. The van der Waals surface area contributed by atoms with Gasteiger partial charge in [0.25, 0.3) is 10.0 Å². The number of anilines is 2. The average molecular weight is 475 g/mol. The Morgan fingerprint density at radius 2 is 1.72 bits per heavy atom. The standard InChI is InChI=1S/C23H23ClN2O5S/c1-3-31-19-12-10-18(11-13-19)25-23(27)16-26(21-15-17(24)9-14-22(21)30-2)32(28,29)20-7-5-4-6-8-20/h4-15H,3,16H2,1-2H3,(H,25,27). The molecule has 0 aliphatic carbocycles. The Hall–Kier alpha value is -3.23. The summed E-state index contributed by atoms with van der Waals surface area (Å²) in [7, 11) is -2.67. The number of methoxy groups -OCH3 is 1. The molecule has 0 aliphatic heterocycles. The minimum atomic E-state index is -4.09. The van der Waals surface area contributed by atoms with Gasteiger partial charge in [0.15, 0.2) is 0 Å². The summed E-state index contributed by atoms with van der Waals surface area (Å²) in [6.07, 6.45) is 0. The van der Waals surface area contributed by atoms with Crippen molar-refractivity contribution in [1.82, 2.24) is 0 Å². The first-order valence-corrected chi connectivity index (χ1v) is 11.6. The number of ether oxygens (including phenoxy) is 2. The Morgan fingerprint density at radius 1 is 1.03 bits per heavy atom. The maximum atomic E-state index is 13.4. The number of hydrogen-bond acceptors (Lipinski definition) is 5. The van der Waals surface area contributed by atoms with Crippen LogP contribution in [0.1, 0.15) is 6.92 Å². The first-order valence-electron chi connectivity index (χ1n) is 9.79. The van der Waals surface area contributed by atoms with Crippen molar-refractivity contribution in [3.8, 4) is 11.5 Å². The molecule has 3 aromatic carbocycles. The topological polar surface area (TPSA) is 84.9 Å². The molecule has 0 aromatic heterocycles. The fourth-order valence-corrected chi connectivity index (χ4v) is 4.62. The number of carbonyl (C=O) groups excluding carboxylic acids is 1. The number of halogens is 1. The maximum Gasteiger partial charge on any atom is 0.264 e. The minimum absolute atomic E-state index is 0.0379. The molecular weight excluding hydrogens is 452 g/mol. The third kappa shape index (κ3) is 5.52. The van der Waals surface area contributed by atoms with E-state index in [-0.39, 0.29) is 16.3 Å². The molecule has 0 aliphatic rings. The number of nitrogens with one attached hydrogen (secondary N) is 1. The molecule has 32 heavy (non-hydrogen) atoms. The van der Waals surface area contributed by atoms with Gasteiger partial charge in [0.05, 0.1) is 24.3 Å². The lowest BCUT2D eigenvalue weighted by atomic mass is 10.3. The molecule has 0 saturated heterocycles. The van der Waals surface area contributed by atoms with E-state index in [1.54, 1.807) is 54.6 Å². The van der Waals surface area contributed by atoms with E-state index in [1.165, 1.54) is 25.3 Å². The van der Waals surface area contributed by atoms with E-state index in [0.29, 0.717) is 23.1 Å². The molecule has 9 heteroatoms. The van der Waals surface area contributed by atoms with Crippen molar-refractivity contribution in [1.29, 1.82) is 0 Å². The molecule has 0 bridgehead atoms. The first kappa shape index (κ1) is 23.4. The van der Waals surface area contributed by atoms with Crippen molar-refractivity contribution in [3.63, 3.8) is 0 Å². The SMILES string of the molecule is CCOc1ccc(NC(=O)CN(c2cc(Cl)ccc2OC)S(=O)(=O)c2ccccc2)cc1. The summed E-state index contributed by atoms with van der Waals surface area (Å²) in [4.78, 5) is 12.9.